The summed E-state index contributed by atoms with van der Waals surface area (Å²) in [5, 5.41) is 3.98. The Morgan fingerprint density at radius 2 is 1.94 bits per heavy atom. The van der Waals surface area contributed by atoms with Crippen molar-refractivity contribution in [2.75, 3.05) is 37.7 Å². The molecule has 5 rings (SSSR count). The lowest BCUT2D eigenvalue weighted by atomic mass is 9.95. The van der Waals surface area contributed by atoms with Gasteiger partial charge in [-0.3, -0.25) is 9.36 Å². The van der Waals surface area contributed by atoms with Gasteiger partial charge in [-0.05, 0) is 62.1 Å². The molecule has 2 fully saturated rings. The molecule has 1 aromatic heterocycles. The van der Waals surface area contributed by atoms with E-state index in [9.17, 15) is 9.18 Å². The Labute approximate surface area is 208 Å². The molecule has 180 valence electrons. The number of fused-ring (bicyclic) bond motifs is 1. The van der Waals surface area contributed by atoms with Crippen LogP contribution in [0.25, 0.3) is 16.7 Å². The van der Waals surface area contributed by atoms with E-state index in [1.54, 1.807) is 31.2 Å². The lowest BCUT2D eigenvalue weighted by molar-refractivity contribution is -0.125. The molecule has 6 nitrogen and oxygen atoms in total. The number of imidazole rings is 1. The van der Waals surface area contributed by atoms with E-state index in [2.05, 4.69) is 10.2 Å². The molecule has 0 bridgehead atoms. The first-order valence-corrected chi connectivity index (χ1v) is 12.4. The summed E-state index contributed by atoms with van der Waals surface area (Å²) >= 11 is 12.6. The van der Waals surface area contributed by atoms with E-state index < -0.39 is 0 Å². The summed E-state index contributed by atoms with van der Waals surface area (Å²) in [4.78, 5) is 19.8. The van der Waals surface area contributed by atoms with Gasteiger partial charge in [-0.1, -0.05) is 23.2 Å². The Bertz CT molecular complexity index is 1220. The molecule has 1 N–H and O–H groups in total. The quantitative estimate of drug-likeness (QED) is 0.521. The molecule has 2 aliphatic rings. The fourth-order valence-corrected chi connectivity index (χ4v) is 5.09. The zero-order chi connectivity index (χ0) is 23.8. The van der Waals surface area contributed by atoms with Gasteiger partial charge in [-0.2, -0.15) is 0 Å². The molecular formula is C25H27Cl2FN4O2. The SMILES string of the molecule is Cc1cc(-n2c(N3CCC(C(=O)NCC4CCOC4)CC3)nc3cc(Cl)c(Cl)cc32)ccc1F. The van der Waals surface area contributed by atoms with Crippen molar-refractivity contribution in [3.63, 3.8) is 0 Å². The fraction of sp³-hybridized carbons (Fsp3) is 0.440. The summed E-state index contributed by atoms with van der Waals surface area (Å²) in [5.74, 6) is 0.996. The summed E-state index contributed by atoms with van der Waals surface area (Å²) in [6.07, 6.45) is 2.48. The third-order valence-electron chi connectivity index (χ3n) is 6.82. The van der Waals surface area contributed by atoms with E-state index in [1.807, 2.05) is 4.57 Å². The average molecular weight is 505 g/mol. The van der Waals surface area contributed by atoms with Crippen LogP contribution in [0.3, 0.4) is 0 Å². The maximum absolute atomic E-state index is 14.0. The first-order valence-electron chi connectivity index (χ1n) is 11.6. The number of amides is 1. The third-order valence-corrected chi connectivity index (χ3v) is 7.54. The van der Waals surface area contributed by atoms with Crippen LogP contribution in [0.4, 0.5) is 10.3 Å². The zero-order valence-corrected chi connectivity index (χ0v) is 20.5. The van der Waals surface area contributed by atoms with Gasteiger partial charge in [0.25, 0.3) is 0 Å². The standard InChI is InChI=1S/C25H27Cl2FN4O2/c1-15-10-18(2-3-21(15)28)32-23-12-20(27)19(26)11-22(23)30-25(32)31-7-4-17(5-8-31)24(33)29-13-16-6-9-34-14-16/h2-3,10-12,16-17H,4-9,13-14H2,1H3,(H,29,33). The number of anilines is 1. The van der Waals surface area contributed by atoms with Crippen LogP contribution in [0.2, 0.25) is 10.0 Å². The highest BCUT2D eigenvalue weighted by Crippen LogP contribution is 2.34. The lowest BCUT2D eigenvalue weighted by Gasteiger charge is -2.32. The summed E-state index contributed by atoms with van der Waals surface area (Å²) < 4.78 is 21.4. The van der Waals surface area contributed by atoms with Gasteiger partial charge in [0, 0.05) is 43.8 Å². The molecule has 1 amide bonds. The van der Waals surface area contributed by atoms with Crippen molar-refractivity contribution >= 4 is 46.1 Å². The van der Waals surface area contributed by atoms with Gasteiger partial charge in [0.1, 0.15) is 5.82 Å². The predicted octanol–water partition coefficient (Wildman–Crippen LogP) is 5.15. The van der Waals surface area contributed by atoms with Crippen LogP contribution < -0.4 is 10.2 Å². The number of nitrogens with one attached hydrogen (secondary N) is 1. The molecule has 3 aromatic rings. The van der Waals surface area contributed by atoms with Gasteiger partial charge >= 0.3 is 0 Å². The van der Waals surface area contributed by atoms with Gasteiger partial charge < -0.3 is 15.0 Å². The van der Waals surface area contributed by atoms with Gasteiger partial charge in [-0.25, -0.2) is 9.37 Å². The first-order chi connectivity index (χ1) is 16.4. The van der Waals surface area contributed by atoms with Crippen molar-refractivity contribution in [2.45, 2.75) is 26.2 Å². The normalized spacial score (nSPS) is 19.2. The number of nitrogens with zero attached hydrogens (tertiary/aromatic N) is 3. The summed E-state index contributed by atoms with van der Waals surface area (Å²) in [6.45, 7) is 5.31. The van der Waals surface area contributed by atoms with E-state index in [-0.39, 0.29) is 17.6 Å². The number of ether oxygens (including phenoxy) is 1. The second-order valence-electron chi connectivity index (χ2n) is 9.17. The van der Waals surface area contributed by atoms with E-state index in [1.165, 1.54) is 6.07 Å². The first kappa shape index (κ1) is 23.4. The van der Waals surface area contributed by atoms with Crippen molar-refractivity contribution in [3.05, 3.63) is 51.8 Å². The molecule has 3 heterocycles. The second-order valence-corrected chi connectivity index (χ2v) is 9.99. The molecule has 2 saturated heterocycles. The highest BCUT2D eigenvalue weighted by molar-refractivity contribution is 6.42. The number of carbonyl (C=O) groups is 1. The molecule has 1 unspecified atom stereocenters. The maximum Gasteiger partial charge on any atom is 0.223 e. The molecule has 0 aliphatic carbocycles. The Hall–Kier alpha value is -2.35. The van der Waals surface area contributed by atoms with Crippen molar-refractivity contribution in [2.24, 2.45) is 11.8 Å². The Kier molecular flexibility index (Phi) is 6.69. The van der Waals surface area contributed by atoms with E-state index in [0.717, 1.165) is 49.6 Å². The molecule has 2 aliphatic heterocycles. The average Bonchev–Trinajstić information content (AvgIpc) is 3.48. The number of carbonyl (C=O) groups excluding carboxylic acids is 1. The van der Waals surface area contributed by atoms with Crippen LogP contribution >= 0.6 is 23.2 Å². The maximum atomic E-state index is 14.0. The van der Waals surface area contributed by atoms with Crippen molar-refractivity contribution in [3.8, 4) is 5.69 Å². The van der Waals surface area contributed by atoms with Crippen LogP contribution in [0.1, 0.15) is 24.8 Å². The van der Waals surface area contributed by atoms with Crippen LogP contribution in [-0.2, 0) is 9.53 Å². The van der Waals surface area contributed by atoms with Crippen molar-refractivity contribution in [1.82, 2.24) is 14.9 Å². The second kappa shape index (κ2) is 9.72. The molecular weight excluding hydrogens is 478 g/mol. The minimum atomic E-state index is -0.258. The molecule has 0 saturated carbocycles. The van der Waals surface area contributed by atoms with Crippen LogP contribution in [0.15, 0.2) is 30.3 Å². The molecule has 9 heteroatoms. The lowest BCUT2D eigenvalue weighted by Crippen LogP contribution is -2.42. The van der Waals surface area contributed by atoms with Gasteiger partial charge in [0.15, 0.2) is 0 Å². The number of aromatic nitrogens is 2. The van der Waals surface area contributed by atoms with E-state index in [4.69, 9.17) is 32.9 Å². The summed E-state index contributed by atoms with van der Waals surface area (Å²) in [5.41, 5.74) is 2.86. The van der Waals surface area contributed by atoms with E-state index >= 15 is 0 Å². The largest absolute Gasteiger partial charge is 0.381 e. The van der Waals surface area contributed by atoms with Gasteiger partial charge in [0.05, 0.1) is 27.7 Å². The Balaban J connectivity index is 1.39. The summed E-state index contributed by atoms with van der Waals surface area (Å²) in [6, 6.07) is 8.55. The smallest absolute Gasteiger partial charge is 0.223 e. The Morgan fingerprint density at radius 3 is 2.65 bits per heavy atom. The number of benzene rings is 2. The highest BCUT2D eigenvalue weighted by Gasteiger charge is 2.29. The topological polar surface area (TPSA) is 59.4 Å². The zero-order valence-electron chi connectivity index (χ0n) is 19.0. The fourth-order valence-electron chi connectivity index (χ4n) is 4.77. The van der Waals surface area contributed by atoms with E-state index in [0.29, 0.717) is 46.7 Å². The van der Waals surface area contributed by atoms with Crippen LogP contribution in [-0.4, -0.2) is 48.3 Å². The highest BCUT2D eigenvalue weighted by atomic mass is 35.5. The molecule has 2 aromatic carbocycles. The minimum Gasteiger partial charge on any atom is -0.381 e. The number of aryl methyl sites for hydroxylation is 1. The monoisotopic (exact) mass is 504 g/mol. The van der Waals surface area contributed by atoms with Gasteiger partial charge in [0.2, 0.25) is 11.9 Å². The number of hydrogen-bond donors (Lipinski definition) is 1. The van der Waals surface area contributed by atoms with Gasteiger partial charge in [-0.15, -0.1) is 0 Å². The molecule has 1 atom stereocenters. The van der Waals surface area contributed by atoms with Crippen LogP contribution in [0, 0.1) is 24.6 Å². The summed E-state index contributed by atoms with van der Waals surface area (Å²) in [7, 11) is 0. The molecule has 0 radical (unpaired) electrons. The predicted molar refractivity (Wildman–Crippen MR) is 133 cm³/mol. The number of rotatable bonds is 5. The number of piperidine rings is 1. The molecule has 34 heavy (non-hydrogen) atoms. The number of halogens is 3. The van der Waals surface area contributed by atoms with Crippen molar-refractivity contribution in [1.29, 1.82) is 0 Å². The van der Waals surface area contributed by atoms with Crippen molar-refractivity contribution < 1.29 is 13.9 Å². The molecule has 0 spiro atoms. The third kappa shape index (κ3) is 4.61. The minimum absolute atomic E-state index is 0.0200. The van der Waals surface area contributed by atoms with Crippen LogP contribution in [0.5, 0.6) is 0 Å². The Morgan fingerprint density at radius 1 is 1.18 bits per heavy atom. The number of hydrogen-bond acceptors (Lipinski definition) is 4.